The van der Waals surface area contributed by atoms with Crippen molar-refractivity contribution in [1.29, 1.82) is 0 Å². The smallest absolute Gasteiger partial charge is 0.279 e. The molecule has 0 saturated carbocycles. The molecular weight excluding hydrogens is 296 g/mol. The molecule has 0 atom stereocenters. The third-order valence-corrected chi connectivity index (χ3v) is 3.82. The number of anilines is 1. The number of rotatable bonds is 6. The Hall–Kier alpha value is -1.56. The fourth-order valence-electron chi connectivity index (χ4n) is 1.75. The number of carbonyl (C=O) groups excluding carboxylic acids is 1. The minimum Gasteiger partial charge on any atom is -0.495 e. The highest BCUT2D eigenvalue weighted by Gasteiger charge is 2.09. The first-order valence-electron chi connectivity index (χ1n) is 6.16. The molecular formula is C14H16ClN2O2S+. The van der Waals surface area contributed by atoms with Gasteiger partial charge in [-0.2, -0.15) is 0 Å². The molecule has 2 aromatic rings. The van der Waals surface area contributed by atoms with Gasteiger partial charge in [-0.15, -0.1) is 11.3 Å². The summed E-state index contributed by atoms with van der Waals surface area (Å²) in [5.74, 6) is 0.517. The molecule has 0 aliphatic rings. The number of ether oxygens (including phenoxy) is 1. The van der Waals surface area contributed by atoms with Crippen molar-refractivity contribution in [2.75, 3.05) is 19.0 Å². The maximum absolute atomic E-state index is 11.9. The molecule has 2 rings (SSSR count). The van der Waals surface area contributed by atoms with Crippen molar-refractivity contribution in [3.05, 3.63) is 45.6 Å². The average Bonchev–Trinajstić information content (AvgIpc) is 2.92. The first-order chi connectivity index (χ1) is 9.69. The Labute approximate surface area is 126 Å². The zero-order chi connectivity index (χ0) is 14.4. The maximum Gasteiger partial charge on any atom is 0.279 e. The van der Waals surface area contributed by atoms with Gasteiger partial charge in [0.2, 0.25) is 0 Å². The van der Waals surface area contributed by atoms with Gasteiger partial charge in [0.05, 0.1) is 17.7 Å². The van der Waals surface area contributed by atoms with Gasteiger partial charge in [-0.25, -0.2) is 0 Å². The number of nitrogens with one attached hydrogen (secondary N) is 1. The molecule has 0 saturated heterocycles. The van der Waals surface area contributed by atoms with Crippen molar-refractivity contribution in [3.63, 3.8) is 0 Å². The maximum atomic E-state index is 11.9. The number of nitrogens with two attached hydrogens (primary N) is 1. The Morgan fingerprint density at radius 3 is 3.00 bits per heavy atom. The highest BCUT2D eigenvalue weighted by molar-refractivity contribution is 7.09. The van der Waals surface area contributed by atoms with Crippen LogP contribution in [0.4, 0.5) is 5.69 Å². The summed E-state index contributed by atoms with van der Waals surface area (Å²) in [5.41, 5.74) is 0.592. The van der Waals surface area contributed by atoms with Crippen LogP contribution >= 0.6 is 22.9 Å². The lowest BCUT2D eigenvalue weighted by Crippen LogP contribution is -2.84. The van der Waals surface area contributed by atoms with Gasteiger partial charge in [0, 0.05) is 5.02 Å². The lowest BCUT2D eigenvalue weighted by atomic mass is 10.3. The molecule has 0 radical (unpaired) electrons. The van der Waals surface area contributed by atoms with E-state index in [1.807, 2.05) is 16.8 Å². The van der Waals surface area contributed by atoms with Gasteiger partial charge in [-0.05, 0) is 29.6 Å². The second-order valence-corrected chi connectivity index (χ2v) is 5.64. The molecule has 0 aliphatic carbocycles. The number of quaternary nitrogens is 1. The van der Waals surface area contributed by atoms with Crippen molar-refractivity contribution in [1.82, 2.24) is 0 Å². The lowest BCUT2D eigenvalue weighted by Gasteiger charge is -2.09. The number of hydrogen-bond acceptors (Lipinski definition) is 3. The van der Waals surface area contributed by atoms with E-state index < -0.39 is 0 Å². The molecule has 1 heterocycles. The standard InChI is InChI=1S/C14H15ClN2O2S/c1-19-13-5-4-10(15)7-12(13)17-14(18)9-16-8-11-3-2-6-20-11/h2-7,16H,8-9H2,1H3,(H,17,18)/p+1. The van der Waals surface area contributed by atoms with Crippen molar-refractivity contribution in [2.24, 2.45) is 0 Å². The van der Waals surface area contributed by atoms with Crippen LogP contribution in [0.1, 0.15) is 4.88 Å². The number of methoxy groups -OCH3 is 1. The van der Waals surface area contributed by atoms with Crippen LogP contribution in [0.5, 0.6) is 5.75 Å². The minimum atomic E-state index is -0.0814. The molecule has 20 heavy (non-hydrogen) atoms. The van der Waals surface area contributed by atoms with Crippen LogP contribution in [0.15, 0.2) is 35.7 Å². The van der Waals surface area contributed by atoms with Crippen LogP contribution in [0.25, 0.3) is 0 Å². The van der Waals surface area contributed by atoms with Gasteiger partial charge in [-0.3, -0.25) is 4.79 Å². The average molecular weight is 312 g/mol. The van der Waals surface area contributed by atoms with E-state index in [-0.39, 0.29) is 5.91 Å². The monoisotopic (exact) mass is 311 g/mol. The second-order valence-electron chi connectivity index (χ2n) is 4.17. The Morgan fingerprint density at radius 1 is 1.45 bits per heavy atom. The number of carbonyl (C=O) groups is 1. The van der Waals surface area contributed by atoms with E-state index in [0.29, 0.717) is 23.0 Å². The summed E-state index contributed by atoms with van der Waals surface area (Å²) in [5, 5.41) is 7.35. The van der Waals surface area contributed by atoms with E-state index in [0.717, 1.165) is 6.54 Å². The molecule has 0 unspecified atom stereocenters. The topological polar surface area (TPSA) is 54.9 Å². The van der Waals surface area contributed by atoms with Crippen LogP contribution in [-0.2, 0) is 11.3 Å². The number of thiophene rings is 1. The Bertz CT molecular complexity index is 573. The molecule has 6 heteroatoms. The van der Waals surface area contributed by atoms with E-state index in [2.05, 4.69) is 11.4 Å². The number of halogens is 1. The van der Waals surface area contributed by atoms with Gasteiger partial charge in [-0.1, -0.05) is 17.7 Å². The first-order valence-corrected chi connectivity index (χ1v) is 7.42. The molecule has 4 nitrogen and oxygen atoms in total. The van der Waals surface area contributed by atoms with Crippen LogP contribution in [0.2, 0.25) is 5.02 Å². The SMILES string of the molecule is COc1ccc(Cl)cc1NC(=O)C[NH2+]Cc1cccs1. The predicted octanol–water partition coefficient (Wildman–Crippen LogP) is 2.11. The van der Waals surface area contributed by atoms with Crippen molar-refractivity contribution >= 4 is 34.5 Å². The molecule has 1 aromatic heterocycles. The highest BCUT2D eigenvalue weighted by Crippen LogP contribution is 2.27. The number of benzene rings is 1. The van der Waals surface area contributed by atoms with Gasteiger partial charge in [0.15, 0.2) is 6.54 Å². The largest absolute Gasteiger partial charge is 0.495 e. The zero-order valence-corrected chi connectivity index (χ0v) is 12.6. The summed E-state index contributed by atoms with van der Waals surface area (Å²) in [7, 11) is 1.56. The van der Waals surface area contributed by atoms with Gasteiger partial charge >= 0.3 is 0 Å². The highest BCUT2D eigenvalue weighted by atomic mass is 35.5. The Balaban J connectivity index is 1.86. The molecule has 0 aliphatic heterocycles. The molecule has 1 aromatic carbocycles. The van der Waals surface area contributed by atoms with E-state index in [1.165, 1.54) is 4.88 Å². The summed E-state index contributed by atoms with van der Waals surface area (Å²) < 4.78 is 5.18. The van der Waals surface area contributed by atoms with E-state index in [1.54, 1.807) is 36.6 Å². The summed E-state index contributed by atoms with van der Waals surface area (Å²) in [6, 6.07) is 9.19. The fraction of sp³-hybridized carbons (Fsp3) is 0.214. The van der Waals surface area contributed by atoms with Crippen molar-refractivity contribution in [2.45, 2.75) is 6.54 Å². The first kappa shape index (κ1) is 14.8. The van der Waals surface area contributed by atoms with E-state index >= 15 is 0 Å². The third-order valence-electron chi connectivity index (χ3n) is 2.69. The van der Waals surface area contributed by atoms with Crippen molar-refractivity contribution < 1.29 is 14.8 Å². The number of hydrogen-bond donors (Lipinski definition) is 2. The molecule has 0 bridgehead atoms. The second kappa shape index (κ2) is 7.28. The Kier molecular flexibility index (Phi) is 5.40. The molecule has 1 amide bonds. The fourth-order valence-corrected chi connectivity index (χ4v) is 2.63. The third kappa shape index (κ3) is 4.23. The van der Waals surface area contributed by atoms with Crippen LogP contribution < -0.4 is 15.4 Å². The zero-order valence-electron chi connectivity index (χ0n) is 11.1. The van der Waals surface area contributed by atoms with Gasteiger partial charge in [0.25, 0.3) is 5.91 Å². The molecule has 0 spiro atoms. The minimum absolute atomic E-state index is 0.0814. The summed E-state index contributed by atoms with van der Waals surface area (Å²) in [6.07, 6.45) is 0. The molecule has 0 fully saturated rings. The number of amides is 1. The Morgan fingerprint density at radius 2 is 2.30 bits per heavy atom. The molecule has 106 valence electrons. The molecule has 3 N–H and O–H groups in total. The predicted molar refractivity (Wildman–Crippen MR) is 81.4 cm³/mol. The summed E-state index contributed by atoms with van der Waals surface area (Å²) >= 11 is 7.60. The van der Waals surface area contributed by atoms with Crippen LogP contribution in [-0.4, -0.2) is 19.6 Å². The van der Waals surface area contributed by atoms with Crippen molar-refractivity contribution in [3.8, 4) is 5.75 Å². The van der Waals surface area contributed by atoms with Crippen LogP contribution in [0, 0.1) is 0 Å². The lowest BCUT2D eigenvalue weighted by molar-refractivity contribution is -0.659. The van der Waals surface area contributed by atoms with E-state index in [9.17, 15) is 4.79 Å². The quantitative estimate of drug-likeness (QED) is 0.858. The summed E-state index contributed by atoms with van der Waals surface area (Å²) in [4.78, 5) is 13.1. The van der Waals surface area contributed by atoms with Crippen LogP contribution in [0.3, 0.4) is 0 Å². The normalized spacial score (nSPS) is 10.3. The van der Waals surface area contributed by atoms with Gasteiger partial charge < -0.3 is 15.4 Å². The summed E-state index contributed by atoms with van der Waals surface area (Å²) in [6.45, 7) is 1.16. The van der Waals surface area contributed by atoms with Gasteiger partial charge in [0.1, 0.15) is 12.3 Å². The van der Waals surface area contributed by atoms with E-state index in [4.69, 9.17) is 16.3 Å².